The summed E-state index contributed by atoms with van der Waals surface area (Å²) >= 11 is 0. The van der Waals surface area contributed by atoms with Gasteiger partial charge in [0.05, 0.1) is 0 Å². The third-order valence-electron chi connectivity index (χ3n) is 5.56. The number of alkyl halides is 6. The number of hydrogen-bond donors (Lipinski definition) is 4. The third-order valence-corrected chi connectivity index (χ3v) is 5.56. The Morgan fingerprint density at radius 3 is 1.76 bits per heavy atom. The fourth-order valence-corrected chi connectivity index (χ4v) is 3.43. The van der Waals surface area contributed by atoms with E-state index in [-0.39, 0.29) is 0 Å². The van der Waals surface area contributed by atoms with Gasteiger partial charge >= 0.3 is 24.3 Å². The van der Waals surface area contributed by atoms with E-state index in [1.807, 2.05) is 12.4 Å². The lowest BCUT2D eigenvalue weighted by molar-refractivity contribution is -0.193. The maximum atomic E-state index is 10.6. The number of benzene rings is 1. The summed E-state index contributed by atoms with van der Waals surface area (Å²) in [5, 5.41) is 21.4. The van der Waals surface area contributed by atoms with E-state index in [0.29, 0.717) is 12.1 Å². The van der Waals surface area contributed by atoms with Crippen LogP contribution in [0.2, 0.25) is 0 Å². The van der Waals surface area contributed by atoms with Gasteiger partial charge in [-0.1, -0.05) is 12.1 Å². The first-order valence-corrected chi connectivity index (χ1v) is 11.2. The van der Waals surface area contributed by atoms with Crippen LogP contribution in [0.4, 0.5) is 26.3 Å². The first kappa shape index (κ1) is 31.8. The molecule has 4 N–H and O–H groups in total. The molecule has 13 heteroatoms. The van der Waals surface area contributed by atoms with Crippen molar-refractivity contribution >= 4 is 11.9 Å². The van der Waals surface area contributed by atoms with Gasteiger partial charge in [0.15, 0.2) is 0 Å². The van der Waals surface area contributed by atoms with Crippen LogP contribution < -0.4 is 10.6 Å². The average molecular weight is 538 g/mol. The molecule has 3 rings (SSSR count). The highest BCUT2D eigenvalue weighted by Crippen LogP contribution is 2.23. The van der Waals surface area contributed by atoms with Crippen molar-refractivity contribution in [3.63, 3.8) is 0 Å². The second-order valence-electron chi connectivity index (χ2n) is 8.20. The minimum Gasteiger partial charge on any atom is -0.475 e. The Kier molecular flexibility index (Phi) is 12.5. The lowest BCUT2D eigenvalue weighted by Gasteiger charge is -2.29. The van der Waals surface area contributed by atoms with Gasteiger partial charge in [0, 0.05) is 31.0 Å². The van der Waals surface area contributed by atoms with Gasteiger partial charge in [0.2, 0.25) is 0 Å². The Balaban J connectivity index is 0.000000404. The largest absolute Gasteiger partial charge is 0.490 e. The predicted octanol–water partition coefficient (Wildman–Crippen LogP) is 4.94. The molecule has 37 heavy (non-hydrogen) atoms. The summed E-state index contributed by atoms with van der Waals surface area (Å²) in [6.45, 7) is 3.16. The summed E-state index contributed by atoms with van der Waals surface area (Å²) in [5.74, 6) is -5.51. The molecule has 1 aliphatic rings. The van der Waals surface area contributed by atoms with Gasteiger partial charge in [0.25, 0.3) is 0 Å². The van der Waals surface area contributed by atoms with Gasteiger partial charge in [-0.25, -0.2) is 9.59 Å². The molecule has 0 aliphatic heterocycles. The summed E-state index contributed by atoms with van der Waals surface area (Å²) in [6, 6.07) is 12.3. The normalized spacial score (nSPS) is 17.5. The Bertz CT molecular complexity index is 968. The number of aryl methyl sites for hydroxylation is 1. The van der Waals surface area contributed by atoms with Gasteiger partial charge in [-0.2, -0.15) is 26.3 Å². The van der Waals surface area contributed by atoms with Crippen molar-refractivity contribution in [3.8, 4) is 11.1 Å². The number of carboxylic acids is 2. The summed E-state index contributed by atoms with van der Waals surface area (Å²) in [5.41, 5.74) is 5.26. The van der Waals surface area contributed by atoms with Crippen LogP contribution >= 0.6 is 0 Å². The number of halogens is 6. The number of carbonyl (C=O) groups is 2. The molecule has 1 heterocycles. The van der Waals surface area contributed by atoms with Crippen LogP contribution in [0, 0.1) is 6.92 Å². The lowest BCUT2D eigenvalue weighted by atomic mass is 9.91. The average Bonchev–Trinajstić information content (AvgIpc) is 2.84. The second kappa shape index (κ2) is 14.5. The number of hydrogen-bond acceptors (Lipinski definition) is 5. The topological polar surface area (TPSA) is 112 Å². The van der Waals surface area contributed by atoms with E-state index in [9.17, 15) is 26.3 Å². The van der Waals surface area contributed by atoms with Gasteiger partial charge in [-0.3, -0.25) is 4.98 Å². The van der Waals surface area contributed by atoms with Gasteiger partial charge in [-0.15, -0.1) is 0 Å². The van der Waals surface area contributed by atoms with Crippen LogP contribution in [-0.2, 0) is 16.1 Å². The predicted molar refractivity (Wildman–Crippen MR) is 124 cm³/mol. The molecule has 0 radical (unpaired) electrons. The fraction of sp³-hybridized carbons (Fsp3) is 0.458. The molecule has 1 aliphatic carbocycles. The van der Waals surface area contributed by atoms with Crippen molar-refractivity contribution in [1.82, 2.24) is 15.6 Å². The minimum atomic E-state index is -5.08. The quantitative estimate of drug-likeness (QED) is 0.400. The number of rotatable bonds is 5. The van der Waals surface area contributed by atoms with Crippen molar-refractivity contribution in [2.45, 2.75) is 63.6 Å². The molecule has 0 amide bonds. The molecule has 0 saturated heterocycles. The van der Waals surface area contributed by atoms with Crippen LogP contribution in [0.1, 0.15) is 36.8 Å². The molecule has 0 bridgehead atoms. The Morgan fingerprint density at radius 2 is 1.32 bits per heavy atom. The molecule has 0 unspecified atom stereocenters. The van der Waals surface area contributed by atoms with Crippen molar-refractivity contribution < 1.29 is 46.1 Å². The van der Waals surface area contributed by atoms with E-state index in [1.54, 1.807) is 0 Å². The van der Waals surface area contributed by atoms with Gasteiger partial charge in [-0.05, 0) is 80.1 Å². The zero-order valence-corrected chi connectivity index (χ0v) is 20.2. The van der Waals surface area contributed by atoms with E-state index in [2.05, 4.69) is 59.9 Å². The number of aliphatic carboxylic acids is 2. The van der Waals surface area contributed by atoms with Crippen molar-refractivity contribution in [3.05, 3.63) is 53.9 Å². The monoisotopic (exact) mass is 537 g/mol. The summed E-state index contributed by atoms with van der Waals surface area (Å²) in [7, 11) is 2.08. The molecule has 0 spiro atoms. The van der Waals surface area contributed by atoms with Gasteiger partial charge < -0.3 is 20.8 Å². The fourth-order valence-electron chi connectivity index (χ4n) is 3.43. The number of pyridine rings is 1. The molecule has 7 nitrogen and oxygen atoms in total. The highest BCUT2D eigenvalue weighted by Gasteiger charge is 2.38. The summed E-state index contributed by atoms with van der Waals surface area (Å²) in [6.07, 6.45) is -1.35. The molecule has 1 saturated carbocycles. The SMILES string of the molecule is CNC1CCC(NCc2cc(-c3ccncc3)ccc2C)CC1.O=C(O)C(F)(F)F.O=C(O)C(F)(F)F. The van der Waals surface area contributed by atoms with Crippen LogP contribution in [0.25, 0.3) is 11.1 Å². The van der Waals surface area contributed by atoms with Crippen molar-refractivity contribution in [2.75, 3.05) is 7.05 Å². The van der Waals surface area contributed by atoms with Crippen LogP contribution in [0.15, 0.2) is 42.7 Å². The summed E-state index contributed by atoms with van der Waals surface area (Å²) in [4.78, 5) is 21.9. The van der Waals surface area contributed by atoms with E-state index in [1.165, 1.54) is 47.9 Å². The molecule has 1 aromatic carbocycles. The summed E-state index contributed by atoms with van der Waals surface area (Å²) < 4.78 is 63.5. The molecule has 206 valence electrons. The van der Waals surface area contributed by atoms with E-state index >= 15 is 0 Å². The van der Waals surface area contributed by atoms with Crippen LogP contribution in [0.5, 0.6) is 0 Å². The molecular weight excluding hydrogens is 508 g/mol. The molecule has 1 fully saturated rings. The van der Waals surface area contributed by atoms with E-state index in [4.69, 9.17) is 19.8 Å². The molecule has 1 aromatic heterocycles. The molecule has 0 atom stereocenters. The first-order valence-electron chi connectivity index (χ1n) is 11.2. The minimum absolute atomic E-state index is 0.656. The first-order chi connectivity index (χ1) is 17.1. The van der Waals surface area contributed by atoms with Crippen molar-refractivity contribution in [2.24, 2.45) is 0 Å². The Labute approximate surface area is 209 Å². The second-order valence-corrected chi connectivity index (χ2v) is 8.20. The third kappa shape index (κ3) is 12.1. The highest BCUT2D eigenvalue weighted by molar-refractivity contribution is 5.73. The zero-order valence-electron chi connectivity index (χ0n) is 20.2. The number of carboxylic acid groups (broad SMARTS) is 2. The number of aromatic nitrogens is 1. The zero-order chi connectivity index (χ0) is 28.2. The van der Waals surface area contributed by atoms with E-state index in [0.717, 1.165) is 6.54 Å². The smallest absolute Gasteiger partial charge is 0.475 e. The van der Waals surface area contributed by atoms with E-state index < -0.39 is 24.3 Å². The number of nitrogens with zero attached hydrogens (tertiary/aromatic N) is 1. The standard InChI is InChI=1S/C20H27N3.2C2HF3O2/c1-15-3-4-17(16-9-11-22-12-10-16)13-18(15)14-23-20-7-5-19(21-2)6-8-20;2*3-2(4,5)1(6)7/h3-4,9-13,19-21,23H,5-8,14H2,1-2H3;2*(H,6,7). The van der Waals surface area contributed by atoms with Gasteiger partial charge in [0.1, 0.15) is 0 Å². The Morgan fingerprint density at radius 1 is 0.865 bits per heavy atom. The number of nitrogens with one attached hydrogen (secondary N) is 2. The lowest BCUT2D eigenvalue weighted by Crippen LogP contribution is -2.38. The highest BCUT2D eigenvalue weighted by atomic mass is 19.4. The molecule has 2 aromatic rings. The maximum Gasteiger partial charge on any atom is 0.490 e. The maximum absolute atomic E-state index is 10.6. The van der Waals surface area contributed by atoms with Crippen LogP contribution in [-0.4, -0.2) is 58.6 Å². The Hall–Kier alpha value is -3.19. The van der Waals surface area contributed by atoms with Crippen LogP contribution in [0.3, 0.4) is 0 Å². The van der Waals surface area contributed by atoms with Crippen molar-refractivity contribution in [1.29, 1.82) is 0 Å². The molecular formula is C24H29F6N3O4.